The number of aromatic nitrogens is 2. The molecule has 8 heteroatoms. The van der Waals surface area contributed by atoms with Gasteiger partial charge < -0.3 is 0 Å². The maximum Gasteiger partial charge on any atom is 2.00 e. The largest absolute Gasteiger partial charge is 2.00 e. The summed E-state index contributed by atoms with van der Waals surface area (Å²) >= 11 is 18.3. The Hall–Kier alpha value is -2.14. The van der Waals surface area contributed by atoms with Gasteiger partial charge in [0.05, 0.1) is 6.04 Å². The van der Waals surface area contributed by atoms with Crippen LogP contribution in [0.25, 0.3) is 0 Å². The van der Waals surface area contributed by atoms with Crippen LogP contribution in [-0.2, 0) is 17.1 Å². The molecule has 4 aromatic rings. The Morgan fingerprint density at radius 1 is 0.935 bits per heavy atom. The zero-order valence-electron chi connectivity index (χ0n) is 16.1. The molecule has 0 N–H and O–H groups in total. The van der Waals surface area contributed by atoms with Crippen molar-refractivity contribution in [2.24, 2.45) is 5.10 Å². The summed E-state index contributed by atoms with van der Waals surface area (Å²) < 4.78 is 0. The minimum atomic E-state index is -0.0925. The van der Waals surface area contributed by atoms with Gasteiger partial charge >= 0.3 is 17.1 Å². The van der Waals surface area contributed by atoms with Crippen LogP contribution < -0.4 is 5.01 Å². The summed E-state index contributed by atoms with van der Waals surface area (Å²) in [6.07, 6.45) is 0.704. The Morgan fingerprint density at radius 2 is 1.68 bits per heavy atom. The number of rotatable bonds is 3. The van der Waals surface area contributed by atoms with E-state index in [9.17, 15) is 0 Å². The molecule has 1 aliphatic rings. The van der Waals surface area contributed by atoms with Crippen molar-refractivity contribution in [3.05, 3.63) is 111 Å². The molecule has 31 heavy (non-hydrogen) atoms. The second-order valence-corrected chi connectivity index (χ2v) is 7.86. The average Bonchev–Trinajstić information content (AvgIpc) is 3.50. The van der Waals surface area contributed by atoms with E-state index in [1.54, 1.807) is 18.2 Å². The van der Waals surface area contributed by atoms with Crippen molar-refractivity contribution in [1.29, 1.82) is 0 Å². The fourth-order valence-electron chi connectivity index (χ4n) is 3.23. The van der Waals surface area contributed by atoms with Gasteiger partial charge in [-0.2, -0.15) is 35.4 Å². The molecule has 1 aliphatic heterocycles. The molecule has 0 aliphatic carbocycles. The molecule has 0 saturated heterocycles. The number of hydrogen-bond donors (Lipinski definition) is 0. The van der Waals surface area contributed by atoms with Crippen molar-refractivity contribution < 1.29 is 17.1 Å². The van der Waals surface area contributed by atoms with Crippen molar-refractivity contribution in [2.75, 3.05) is 5.01 Å². The predicted octanol–water partition coefficient (Wildman–Crippen LogP) is 6.91. The topological polar surface area (TPSA) is 41.4 Å². The molecule has 0 saturated carbocycles. The molecule has 2 heterocycles. The van der Waals surface area contributed by atoms with E-state index in [0.29, 0.717) is 27.4 Å². The summed E-state index contributed by atoms with van der Waals surface area (Å²) in [7, 11) is 0. The number of benzene rings is 1. The van der Waals surface area contributed by atoms with Crippen LogP contribution in [0.3, 0.4) is 0 Å². The van der Waals surface area contributed by atoms with Crippen LogP contribution in [0.5, 0.6) is 0 Å². The van der Waals surface area contributed by atoms with Crippen molar-refractivity contribution in [2.45, 2.75) is 12.5 Å². The van der Waals surface area contributed by atoms with Crippen molar-refractivity contribution >= 4 is 46.3 Å². The number of hydrazone groups is 1. The maximum absolute atomic E-state index is 6.44. The van der Waals surface area contributed by atoms with Gasteiger partial charge in [0.2, 0.25) is 0 Å². The molecule has 1 aromatic heterocycles. The van der Waals surface area contributed by atoms with E-state index in [2.05, 4.69) is 10.2 Å². The summed E-state index contributed by atoms with van der Waals surface area (Å²) in [5.41, 5.74) is 2.99. The van der Waals surface area contributed by atoms with E-state index in [0.717, 1.165) is 16.8 Å². The molecule has 4 nitrogen and oxygen atoms in total. The SMILES string of the molecule is Clc1ccc(C2CC([c-]3cccc3)=NN2c2ccc(Cl)nn2)c(Cl)c1.[Fe+2].c1cc[cH-]c1. The first kappa shape index (κ1) is 23.5. The molecule has 1 unspecified atom stereocenters. The molecule has 1 atom stereocenters. The Bertz CT molecular complexity index is 1090. The molecule has 0 bridgehead atoms. The molecule has 0 fully saturated rings. The fraction of sp³-hybridized carbons (Fsp3) is 0.0870. The van der Waals surface area contributed by atoms with E-state index in [1.807, 2.05) is 71.7 Å². The zero-order valence-corrected chi connectivity index (χ0v) is 19.5. The van der Waals surface area contributed by atoms with Crippen molar-refractivity contribution in [3.63, 3.8) is 0 Å². The predicted molar refractivity (Wildman–Crippen MR) is 124 cm³/mol. The summed E-state index contributed by atoms with van der Waals surface area (Å²) in [5.74, 6) is 0.613. The molecule has 158 valence electrons. The van der Waals surface area contributed by atoms with Crippen LogP contribution in [0.1, 0.15) is 23.6 Å². The first-order valence-electron chi connectivity index (χ1n) is 9.31. The smallest absolute Gasteiger partial charge is 0.239 e. The third kappa shape index (κ3) is 5.76. The number of hydrogen-bond acceptors (Lipinski definition) is 4. The summed E-state index contributed by atoms with van der Waals surface area (Å²) in [4.78, 5) is 0. The van der Waals surface area contributed by atoms with E-state index in [1.165, 1.54) is 0 Å². The van der Waals surface area contributed by atoms with Gasteiger partial charge in [-0.25, -0.2) is 29.3 Å². The number of anilines is 1. The van der Waals surface area contributed by atoms with Gasteiger partial charge in [0, 0.05) is 22.2 Å². The van der Waals surface area contributed by atoms with Gasteiger partial charge in [-0.05, 0) is 29.8 Å². The van der Waals surface area contributed by atoms with Gasteiger partial charge in [-0.15, -0.1) is 15.8 Å². The standard InChI is InChI=1S/C18H12Cl3N4.C5H5.Fe/c19-12-5-6-13(14(20)9-12)16-10-15(11-3-1-2-4-11)24-25(16)18-8-7-17(21)22-23-18;1-2-4-5-3-1;/h1-9,16H,10H2;1-5H;/q2*-1;+2. The van der Waals surface area contributed by atoms with E-state index < -0.39 is 0 Å². The van der Waals surface area contributed by atoms with E-state index in [4.69, 9.17) is 39.9 Å². The maximum atomic E-state index is 6.44. The second-order valence-electron chi connectivity index (χ2n) is 6.63. The van der Waals surface area contributed by atoms with Crippen LogP contribution in [0.2, 0.25) is 15.2 Å². The van der Waals surface area contributed by atoms with E-state index in [-0.39, 0.29) is 23.1 Å². The van der Waals surface area contributed by atoms with Gasteiger partial charge in [0.25, 0.3) is 0 Å². The summed E-state index contributed by atoms with van der Waals surface area (Å²) in [6.45, 7) is 0. The van der Waals surface area contributed by atoms with Gasteiger partial charge in [-0.1, -0.05) is 40.9 Å². The van der Waals surface area contributed by atoms with Crippen LogP contribution in [0.15, 0.2) is 90.0 Å². The molecule has 5 rings (SSSR count). The van der Waals surface area contributed by atoms with Crippen LogP contribution >= 0.6 is 34.8 Å². The quantitative estimate of drug-likeness (QED) is 0.222. The molecule has 0 spiro atoms. The monoisotopic (exact) mass is 510 g/mol. The molecule has 0 radical (unpaired) electrons. The number of halogens is 3. The van der Waals surface area contributed by atoms with Gasteiger partial charge in [0.15, 0.2) is 11.0 Å². The first-order valence-corrected chi connectivity index (χ1v) is 10.4. The average molecular weight is 512 g/mol. The minimum absolute atomic E-state index is 0. The minimum Gasteiger partial charge on any atom is -0.239 e. The number of nitrogens with zero attached hydrogens (tertiary/aromatic N) is 4. The van der Waals surface area contributed by atoms with Crippen LogP contribution in [-0.4, -0.2) is 15.9 Å². The molecular weight excluding hydrogens is 494 g/mol. The second kappa shape index (κ2) is 10.9. The molecular formula is C23H17Cl3FeN4. The molecule has 3 aromatic carbocycles. The van der Waals surface area contributed by atoms with E-state index >= 15 is 0 Å². The Kier molecular flexibility index (Phi) is 8.30. The van der Waals surface area contributed by atoms with Crippen LogP contribution in [0.4, 0.5) is 5.82 Å². The third-order valence-electron chi connectivity index (χ3n) is 4.64. The summed E-state index contributed by atoms with van der Waals surface area (Å²) in [6, 6.07) is 27.0. The van der Waals surface area contributed by atoms with Crippen molar-refractivity contribution in [1.82, 2.24) is 10.2 Å². The third-order valence-corrected chi connectivity index (χ3v) is 5.40. The zero-order chi connectivity index (χ0) is 20.9. The van der Waals surface area contributed by atoms with Crippen LogP contribution in [0, 0.1) is 0 Å². The summed E-state index contributed by atoms with van der Waals surface area (Å²) in [5, 5.41) is 16.2. The van der Waals surface area contributed by atoms with Gasteiger partial charge in [0.1, 0.15) is 0 Å². The Labute approximate surface area is 206 Å². The molecule has 0 amide bonds. The van der Waals surface area contributed by atoms with Gasteiger partial charge in [-0.3, -0.25) is 0 Å². The normalized spacial score (nSPS) is 15.0. The Morgan fingerprint density at radius 3 is 2.26 bits per heavy atom. The fourth-order valence-corrected chi connectivity index (χ4v) is 3.86. The first-order chi connectivity index (χ1) is 14.6. The Balaban J connectivity index is 0.000000401. The van der Waals surface area contributed by atoms with Crippen molar-refractivity contribution in [3.8, 4) is 0 Å².